The van der Waals surface area contributed by atoms with Crippen LogP contribution in [0.3, 0.4) is 0 Å². The summed E-state index contributed by atoms with van der Waals surface area (Å²) in [4.78, 5) is 14.9. The quantitative estimate of drug-likeness (QED) is 0.701. The van der Waals surface area contributed by atoms with Crippen LogP contribution in [0.25, 0.3) is 10.9 Å². The fourth-order valence-corrected chi connectivity index (χ4v) is 2.28. The van der Waals surface area contributed by atoms with E-state index in [9.17, 15) is 9.18 Å². The third-order valence-electron chi connectivity index (χ3n) is 2.95. The number of Topliss-reactive ketones (excluding diaryl/α,β-unsaturated/α-hetero) is 1. The summed E-state index contributed by atoms with van der Waals surface area (Å²) < 4.78 is 13.1. The second-order valence-corrected chi connectivity index (χ2v) is 3.95. The number of aromatic amines is 1. The molecule has 0 radical (unpaired) electrons. The van der Waals surface area contributed by atoms with Crippen molar-refractivity contribution in [2.45, 2.75) is 19.3 Å². The summed E-state index contributed by atoms with van der Waals surface area (Å²) in [6, 6.07) is 4.54. The number of hydrogen-bond donors (Lipinski definition) is 1. The Morgan fingerprint density at radius 2 is 2.13 bits per heavy atom. The Labute approximate surface area is 86.1 Å². The lowest BCUT2D eigenvalue weighted by Gasteiger charge is -2.09. The lowest BCUT2D eigenvalue weighted by Crippen LogP contribution is -2.09. The van der Waals surface area contributed by atoms with E-state index in [1.807, 2.05) is 0 Å². The smallest absolute Gasteiger partial charge is 0.165 e. The topological polar surface area (TPSA) is 32.9 Å². The van der Waals surface area contributed by atoms with Crippen LogP contribution in [0.2, 0.25) is 0 Å². The Morgan fingerprint density at radius 1 is 1.27 bits per heavy atom. The van der Waals surface area contributed by atoms with Crippen molar-refractivity contribution in [3.05, 3.63) is 35.3 Å². The number of ketones is 1. The molecule has 1 aromatic carbocycles. The molecule has 0 unspecified atom stereocenters. The average molecular weight is 203 g/mol. The third-order valence-corrected chi connectivity index (χ3v) is 2.95. The predicted octanol–water partition coefficient (Wildman–Crippen LogP) is 2.83. The molecular weight excluding hydrogens is 193 g/mol. The molecule has 0 fully saturated rings. The van der Waals surface area contributed by atoms with E-state index >= 15 is 0 Å². The number of rotatable bonds is 0. The Balaban J connectivity index is 2.38. The van der Waals surface area contributed by atoms with Gasteiger partial charge in [0.15, 0.2) is 5.78 Å². The monoisotopic (exact) mass is 203 g/mol. The summed E-state index contributed by atoms with van der Waals surface area (Å²) >= 11 is 0. The number of aryl methyl sites for hydroxylation is 1. The molecule has 0 aliphatic heterocycles. The first-order chi connectivity index (χ1) is 7.25. The third kappa shape index (κ3) is 1.19. The number of hydrogen-bond acceptors (Lipinski definition) is 1. The van der Waals surface area contributed by atoms with Gasteiger partial charge < -0.3 is 4.98 Å². The summed E-state index contributed by atoms with van der Waals surface area (Å²) in [5.41, 5.74) is 2.53. The first-order valence-electron chi connectivity index (χ1n) is 5.09. The van der Waals surface area contributed by atoms with Crippen LogP contribution in [0.5, 0.6) is 0 Å². The summed E-state index contributed by atoms with van der Waals surface area (Å²) in [6.07, 6.45) is 2.36. The van der Waals surface area contributed by atoms with Gasteiger partial charge in [0.25, 0.3) is 0 Å². The fourth-order valence-electron chi connectivity index (χ4n) is 2.28. The van der Waals surface area contributed by atoms with Crippen LogP contribution in [0, 0.1) is 5.82 Å². The molecule has 0 saturated carbocycles. The molecule has 1 aliphatic rings. The molecule has 0 atom stereocenters. The van der Waals surface area contributed by atoms with Crippen LogP contribution in [-0.2, 0) is 6.42 Å². The highest BCUT2D eigenvalue weighted by Gasteiger charge is 2.22. The van der Waals surface area contributed by atoms with Crippen molar-refractivity contribution in [2.24, 2.45) is 0 Å². The Kier molecular flexibility index (Phi) is 1.69. The van der Waals surface area contributed by atoms with Crippen LogP contribution >= 0.6 is 0 Å². The summed E-state index contributed by atoms with van der Waals surface area (Å²) in [5, 5.41) is 0.731. The molecule has 1 aliphatic carbocycles. The zero-order valence-corrected chi connectivity index (χ0v) is 8.14. The van der Waals surface area contributed by atoms with Gasteiger partial charge in [-0.25, -0.2) is 4.39 Å². The van der Waals surface area contributed by atoms with Crippen LogP contribution in [0.1, 0.15) is 28.9 Å². The molecular formula is C12H10FNO. The maximum absolute atomic E-state index is 13.1. The first kappa shape index (κ1) is 8.65. The zero-order chi connectivity index (χ0) is 10.4. The number of halogens is 1. The van der Waals surface area contributed by atoms with Gasteiger partial charge in [0.2, 0.25) is 0 Å². The van der Waals surface area contributed by atoms with Gasteiger partial charge in [-0.3, -0.25) is 4.79 Å². The van der Waals surface area contributed by atoms with E-state index in [4.69, 9.17) is 0 Å². The van der Waals surface area contributed by atoms with Crippen LogP contribution < -0.4 is 0 Å². The number of nitrogens with one attached hydrogen (secondary N) is 1. The summed E-state index contributed by atoms with van der Waals surface area (Å²) in [7, 11) is 0. The lowest BCUT2D eigenvalue weighted by molar-refractivity contribution is 0.0974. The molecule has 2 aromatic rings. The number of carbonyl (C=O) groups is 1. The Hall–Kier alpha value is -1.64. The number of aromatic nitrogens is 1. The SMILES string of the molecule is O=C1CCCc2[nH]c3ccc(F)cc3c21. The van der Waals surface area contributed by atoms with Crippen molar-refractivity contribution < 1.29 is 9.18 Å². The average Bonchev–Trinajstić information content (AvgIpc) is 2.57. The van der Waals surface area contributed by atoms with Crippen molar-refractivity contribution in [1.82, 2.24) is 4.98 Å². The van der Waals surface area contributed by atoms with Gasteiger partial charge in [0.1, 0.15) is 5.82 Å². The van der Waals surface area contributed by atoms with E-state index in [0.29, 0.717) is 12.0 Å². The second-order valence-electron chi connectivity index (χ2n) is 3.95. The largest absolute Gasteiger partial charge is 0.358 e. The minimum absolute atomic E-state index is 0.133. The van der Waals surface area contributed by atoms with Gasteiger partial charge in [-0.2, -0.15) is 0 Å². The van der Waals surface area contributed by atoms with Crippen molar-refractivity contribution in [3.8, 4) is 0 Å². The predicted molar refractivity (Wildman–Crippen MR) is 55.5 cm³/mol. The number of carbonyl (C=O) groups excluding carboxylic acids is 1. The normalized spacial score (nSPS) is 15.7. The minimum atomic E-state index is -0.289. The highest BCUT2D eigenvalue weighted by atomic mass is 19.1. The van der Waals surface area contributed by atoms with Gasteiger partial charge in [-0.1, -0.05) is 0 Å². The first-order valence-corrected chi connectivity index (χ1v) is 5.09. The van der Waals surface area contributed by atoms with Crippen molar-refractivity contribution >= 4 is 16.7 Å². The van der Waals surface area contributed by atoms with Gasteiger partial charge in [0, 0.05) is 28.6 Å². The highest BCUT2D eigenvalue weighted by Crippen LogP contribution is 2.29. The molecule has 0 spiro atoms. The van der Waals surface area contributed by atoms with E-state index in [1.165, 1.54) is 12.1 Å². The number of fused-ring (bicyclic) bond motifs is 3. The maximum atomic E-state index is 13.1. The molecule has 76 valence electrons. The van der Waals surface area contributed by atoms with Gasteiger partial charge in [-0.15, -0.1) is 0 Å². The molecule has 1 N–H and O–H groups in total. The molecule has 3 heteroatoms. The zero-order valence-electron chi connectivity index (χ0n) is 8.14. The number of benzene rings is 1. The van der Waals surface area contributed by atoms with E-state index in [0.717, 1.165) is 29.4 Å². The molecule has 0 saturated heterocycles. The van der Waals surface area contributed by atoms with E-state index < -0.39 is 0 Å². The molecule has 0 amide bonds. The Morgan fingerprint density at radius 3 is 3.00 bits per heavy atom. The highest BCUT2D eigenvalue weighted by molar-refractivity contribution is 6.09. The molecule has 2 nitrogen and oxygen atoms in total. The molecule has 15 heavy (non-hydrogen) atoms. The minimum Gasteiger partial charge on any atom is -0.358 e. The Bertz CT molecular complexity index is 556. The van der Waals surface area contributed by atoms with Crippen LogP contribution in [0.4, 0.5) is 4.39 Å². The fraction of sp³-hybridized carbons (Fsp3) is 0.250. The second kappa shape index (κ2) is 2.92. The van der Waals surface area contributed by atoms with Crippen molar-refractivity contribution in [1.29, 1.82) is 0 Å². The van der Waals surface area contributed by atoms with Crippen molar-refractivity contribution in [2.75, 3.05) is 0 Å². The summed E-state index contributed by atoms with van der Waals surface area (Å²) in [6.45, 7) is 0. The van der Waals surface area contributed by atoms with E-state index in [1.54, 1.807) is 6.07 Å². The maximum Gasteiger partial charge on any atom is 0.165 e. The van der Waals surface area contributed by atoms with Crippen LogP contribution in [0.15, 0.2) is 18.2 Å². The van der Waals surface area contributed by atoms with Gasteiger partial charge in [0.05, 0.1) is 0 Å². The van der Waals surface area contributed by atoms with Gasteiger partial charge in [-0.05, 0) is 31.0 Å². The standard InChI is InChI=1S/C12H10FNO/c13-7-4-5-9-8(6-7)12-10(14-9)2-1-3-11(12)15/h4-6,14H,1-3H2. The van der Waals surface area contributed by atoms with E-state index in [2.05, 4.69) is 4.98 Å². The molecule has 1 aromatic heterocycles. The summed E-state index contributed by atoms with van der Waals surface area (Å²) in [5.74, 6) is -0.157. The molecule has 3 rings (SSSR count). The number of H-pyrrole nitrogens is 1. The van der Waals surface area contributed by atoms with E-state index in [-0.39, 0.29) is 11.6 Å². The molecule has 0 bridgehead atoms. The van der Waals surface area contributed by atoms with Gasteiger partial charge >= 0.3 is 0 Å². The lowest BCUT2D eigenvalue weighted by atomic mass is 9.94. The van der Waals surface area contributed by atoms with Crippen molar-refractivity contribution in [3.63, 3.8) is 0 Å². The molecule has 1 heterocycles. The van der Waals surface area contributed by atoms with Crippen LogP contribution in [-0.4, -0.2) is 10.8 Å².